The molecular weight excluding hydrogens is 342 g/mol. The second kappa shape index (κ2) is 8.90. The molecule has 136 valence electrons. The normalized spacial score (nSPS) is 14.5. The van der Waals surface area contributed by atoms with Crippen molar-refractivity contribution in [1.82, 2.24) is 4.90 Å². The molecule has 1 amide bonds. The van der Waals surface area contributed by atoms with Crippen LogP contribution in [-0.4, -0.2) is 34.8 Å². The molecule has 5 heteroatoms. The third kappa shape index (κ3) is 5.11. The molecule has 26 heavy (non-hydrogen) atoms. The Labute approximate surface area is 159 Å². The molecule has 0 bridgehead atoms. The summed E-state index contributed by atoms with van der Waals surface area (Å²) < 4.78 is 0. The van der Waals surface area contributed by atoms with E-state index in [0.717, 1.165) is 40.8 Å². The number of carbonyl (C=O) groups excluding carboxylic acids is 1. The lowest BCUT2D eigenvalue weighted by Gasteiger charge is -2.19. The van der Waals surface area contributed by atoms with Gasteiger partial charge in [-0.1, -0.05) is 42.1 Å². The predicted molar refractivity (Wildman–Crippen MR) is 111 cm³/mol. The van der Waals surface area contributed by atoms with Crippen molar-refractivity contribution >= 4 is 34.2 Å². The summed E-state index contributed by atoms with van der Waals surface area (Å²) >= 11 is 1.51. The number of hydrogen-bond acceptors (Lipinski definition) is 3. The van der Waals surface area contributed by atoms with Crippen LogP contribution in [0.4, 0.5) is 11.4 Å². The lowest BCUT2D eigenvalue weighted by Crippen LogP contribution is -2.27. The minimum atomic E-state index is 0.00339. The Morgan fingerprint density at radius 1 is 1.12 bits per heavy atom. The van der Waals surface area contributed by atoms with Gasteiger partial charge in [-0.15, -0.1) is 0 Å². The summed E-state index contributed by atoms with van der Waals surface area (Å²) in [7, 11) is 0. The topological polar surface area (TPSA) is 44.7 Å². The molecule has 1 aliphatic rings. The molecule has 1 aliphatic heterocycles. The summed E-state index contributed by atoms with van der Waals surface area (Å²) in [6, 6.07) is 16.0. The van der Waals surface area contributed by atoms with Crippen LogP contribution in [0.1, 0.15) is 24.0 Å². The van der Waals surface area contributed by atoms with E-state index < -0.39 is 0 Å². The second-order valence-corrected chi connectivity index (χ2v) is 7.52. The Hall–Kier alpha value is -2.27. The Balaban J connectivity index is 1.66. The average Bonchev–Trinajstić information content (AvgIpc) is 3.17. The zero-order valence-corrected chi connectivity index (χ0v) is 16.2. The third-order valence-corrected chi connectivity index (χ3v) is 5.37. The molecule has 2 aromatic carbocycles. The van der Waals surface area contributed by atoms with Crippen molar-refractivity contribution in [2.24, 2.45) is 4.99 Å². The fraction of sp³-hybridized carbons (Fsp3) is 0.333. The van der Waals surface area contributed by atoms with Crippen LogP contribution in [0.5, 0.6) is 0 Å². The van der Waals surface area contributed by atoms with Crippen molar-refractivity contribution in [3.8, 4) is 0 Å². The van der Waals surface area contributed by atoms with Gasteiger partial charge in [0.1, 0.15) is 0 Å². The number of rotatable bonds is 4. The van der Waals surface area contributed by atoms with E-state index in [4.69, 9.17) is 4.99 Å². The first-order valence-corrected chi connectivity index (χ1v) is 9.99. The highest BCUT2D eigenvalue weighted by atomic mass is 32.2. The molecule has 0 radical (unpaired) electrons. The summed E-state index contributed by atoms with van der Waals surface area (Å²) in [5, 5.41) is 3.96. The van der Waals surface area contributed by atoms with Crippen LogP contribution in [0.25, 0.3) is 0 Å². The first kappa shape index (κ1) is 18.5. The van der Waals surface area contributed by atoms with Gasteiger partial charge < -0.3 is 10.2 Å². The van der Waals surface area contributed by atoms with Gasteiger partial charge in [0.05, 0.1) is 11.4 Å². The minimum Gasteiger partial charge on any atom is -0.351 e. The van der Waals surface area contributed by atoms with Gasteiger partial charge in [0.25, 0.3) is 0 Å². The Bertz CT molecular complexity index is 783. The molecule has 4 nitrogen and oxygen atoms in total. The smallest absolute Gasteiger partial charge is 0.234 e. The fourth-order valence-corrected chi connectivity index (χ4v) is 3.77. The van der Waals surface area contributed by atoms with E-state index in [0.29, 0.717) is 5.75 Å². The van der Waals surface area contributed by atoms with Gasteiger partial charge in [-0.3, -0.25) is 4.79 Å². The van der Waals surface area contributed by atoms with Crippen LogP contribution < -0.4 is 5.32 Å². The van der Waals surface area contributed by atoms with Gasteiger partial charge >= 0.3 is 0 Å². The van der Waals surface area contributed by atoms with Crippen molar-refractivity contribution in [2.45, 2.75) is 26.7 Å². The lowest BCUT2D eigenvalue weighted by atomic mass is 10.1. The highest BCUT2D eigenvalue weighted by molar-refractivity contribution is 8.14. The quantitative estimate of drug-likeness (QED) is 0.626. The summed E-state index contributed by atoms with van der Waals surface area (Å²) in [5.74, 6) is 0.360. The summed E-state index contributed by atoms with van der Waals surface area (Å²) in [6.07, 6.45) is 2.37. The Morgan fingerprint density at radius 3 is 2.58 bits per heavy atom. The van der Waals surface area contributed by atoms with Gasteiger partial charge in [0.2, 0.25) is 5.91 Å². The number of hydrogen-bond donors (Lipinski definition) is 1. The molecule has 0 unspecified atom stereocenters. The van der Waals surface area contributed by atoms with Gasteiger partial charge in [-0.2, -0.15) is 0 Å². The second-order valence-electron chi connectivity index (χ2n) is 6.58. The molecule has 2 aromatic rings. The van der Waals surface area contributed by atoms with Crippen molar-refractivity contribution in [1.29, 1.82) is 0 Å². The number of amides is 1. The highest BCUT2D eigenvalue weighted by Gasteiger charge is 2.18. The van der Waals surface area contributed by atoms with Crippen LogP contribution in [0.3, 0.4) is 0 Å². The summed E-state index contributed by atoms with van der Waals surface area (Å²) in [5.41, 5.74) is 4.03. The maximum Gasteiger partial charge on any atom is 0.234 e. The number of aliphatic imine (C=N–C) groups is 1. The van der Waals surface area contributed by atoms with E-state index in [2.05, 4.69) is 16.3 Å². The van der Waals surface area contributed by atoms with Gasteiger partial charge in [0.15, 0.2) is 5.17 Å². The summed E-state index contributed by atoms with van der Waals surface area (Å²) in [4.78, 5) is 19.5. The van der Waals surface area contributed by atoms with Gasteiger partial charge in [0, 0.05) is 18.8 Å². The molecule has 3 rings (SSSR count). The number of anilines is 1. The van der Waals surface area contributed by atoms with E-state index in [1.165, 1.54) is 24.6 Å². The number of aryl methyl sites for hydroxylation is 2. The standard InChI is InChI=1S/C21H25N3OS/c1-16-10-11-17(2)19(14-16)23-20(25)15-26-21(24-12-6-7-13-24)22-18-8-4-3-5-9-18/h3-5,8-11,14H,6-7,12-13,15H2,1-2H3,(H,23,25). The van der Waals surface area contributed by atoms with Gasteiger partial charge in [-0.05, 0) is 56.0 Å². The number of nitrogens with zero attached hydrogens (tertiary/aromatic N) is 2. The fourth-order valence-electron chi connectivity index (χ4n) is 2.90. The van der Waals surface area contributed by atoms with Crippen LogP contribution in [0, 0.1) is 13.8 Å². The molecule has 0 saturated carbocycles. The van der Waals surface area contributed by atoms with Crippen LogP contribution in [0.15, 0.2) is 53.5 Å². The van der Waals surface area contributed by atoms with Crippen molar-refractivity contribution in [2.75, 3.05) is 24.2 Å². The monoisotopic (exact) mass is 367 g/mol. The van der Waals surface area contributed by atoms with E-state index >= 15 is 0 Å². The van der Waals surface area contributed by atoms with Crippen LogP contribution >= 0.6 is 11.8 Å². The Morgan fingerprint density at radius 2 is 1.85 bits per heavy atom. The van der Waals surface area contributed by atoms with E-state index in [9.17, 15) is 4.79 Å². The number of carbonyl (C=O) groups is 1. The molecule has 0 aromatic heterocycles. The van der Waals surface area contributed by atoms with Crippen molar-refractivity contribution < 1.29 is 4.79 Å². The lowest BCUT2D eigenvalue weighted by molar-refractivity contribution is -0.113. The SMILES string of the molecule is Cc1ccc(C)c(NC(=O)CSC(=Nc2ccccc2)N2CCCC2)c1. The molecule has 0 atom stereocenters. The zero-order valence-electron chi connectivity index (χ0n) is 15.4. The van der Waals surface area contributed by atoms with Crippen molar-refractivity contribution in [3.63, 3.8) is 0 Å². The minimum absolute atomic E-state index is 0.00339. The number of thioether (sulfide) groups is 1. The Kier molecular flexibility index (Phi) is 6.34. The maximum absolute atomic E-state index is 12.4. The number of amidine groups is 1. The van der Waals surface area contributed by atoms with Crippen molar-refractivity contribution in [3.05, 3.63) is 59.7 Å². The molecular formula is C21H25N3OS. The average molecular weight is 368 g/mol. The number of likely N-dealkylation sites (tertiary alicyclic amines) is 1. The highest BCUT2D eigenvalue weighted by Crippen LogP contribution is 2.22. The number of para-hydroxylation sites is 1. The molecule has 1 saturated heterocycles. The van der Waals surface area contributed by atoms with Crippen LogP contribution in [-0.2, 0) is 4.79 Å². The van der Waals surface area contributed by atoms with E-state index in [-0.39, 0.29) is 5.91 Å². The molecule has 1 heterocycles. The summed E-state index contributed by atoms with van der Waals surface area (Å²) in [6.45, 7) is 6.06. The zero-order chi connectivity index (χ0) is 18.4. The third-order valence-electron chi connectivity index (χ3n) is 4.36. The first-order valence-electron chi connectivity index (χ1n) is 9.00. The predicted octanol–water partition coefficient (Wildman–Crippen LogP) is 4.76. The number of benzene rings is 2. The molecule has 1 fully saturated rings. The molecule has 1 N–H and O–H groups in total. The van der Waals surface area contributed by atoms with E-state index in [1.54, 1.807) is 0 Å². The maximum atomic E-state index is 12.4. The molecule has 0 spiro atoms. The van der Waals surface area contributed by atoms with Gasteiger partial charge in [-0.25, -0.2) is 4.99 Å². The molecule has 0 aliphatic carbocycles. The van der Waals surface area contributed by atoms with Crippen LogP contribution in [0.2, 0.25) is 0 Å². The largest absolute Gasteiger partial charge is 0.351 e. The number of nitrogens with one attached hydrogen (secondary N) is 1. The van der Waals surface area contributed by atoms with E-state index in [1.807, 2.05) is 56.3 Å². The first-order chi connectivity index (χ1) is 12.6.